The number of ether oxygens (including phenoxy) is 1. The van der Waals surface area contributed by atoms with Gasteiger partial charge in [-0.3, -0.25) is 9.36 Å². The summed E-state index contributed by atoms with van der Waals surface area (Å²) >= 11 is 1.48. The van der Waals surface area contributed by atoms with E-state index in [2.05, 4.69) is 50.4 Å². The highest BCUT2D eigenvalue weighted by atomic mass is 32.2. The van der Waals surface area contributed by atoms with Gasteiger partial charge in [0.1, 0.15) is 5.56 Å². The van der Waals surface area contributed by atoms with E-state index in [-0.39, 0.29) is 11.1 Å². The SMILES string of the molecule is COC(=O)c1c(C)nn2c1ncc1c(=O)n(-c3nc(SCc4cccc(C)c4)n[nH]3)ccc12. The van der Waals surface area contributed by atoms with Crippen LogP contribution in [0.2, 0.25) is 0 Å². The molecule has 166 valence electrons. The molecule has 0 spiro atoms. The zero-order valence-corrected chi connectivity index (χ0v) is 18.9. The van der Waals surface area contributed by atoms with Crippen LogP contribution < -0.4 is 5.56 Å². The van der Waals surface area contributed by atoms with Crippen LogP contribution in [0.1, 0.15) is 27.2 Å². The van der Waals surface area contributed by atoms with Crippen molar-refractivity contribution in [1.82, 2.24) is 34.3 Å². The number of H-pyrrole nitrogens is 1. The van der Waals surface area contributed by atoms with Crippen molar-refractivity contribution < 1.29 is 9.53 Å². The van der Waals surface area contributed by atoms with Crippen molar-refractivity contribution in [2.45, 2.75) is 24.8 Å². The van der Waals surface area contributed by atoms with Crippen molar-refractivity contribution in [3.63, 3.8) is 0 Å². The van der Waals surface area contributed by atoms with E-state index in [1.807, 2.05) is 6.07 Å². The summed E-state index contributed by atoms with van der Waals surface area (Å²) in [5.74, 6) is 0.495. The number of esters is 1. The van der Waals surface area contributed by atoms with Gasteiger partial charge < -0.3 is 4.74 Å². The molecule has 10 nitrogen and oxygen atoms in total. The Hall–Kier alpha value is -3.99. The van der Waals surface area contributed by atoms with Crippen molar-refractivity contribution >= 4 is 34.3 Å². The normalized spacial score (nSPS) is 11.4. The Morgan fingerprint density at radius 1 is 1.24 bits per heavy atom. The minimum Gasteiger partial charge on any atom is -0.465 e. The second-order valence-electron chi connectivity index (χ2n) is 7.45. The predicted octanol–water partition coefficient (Wildman–Crippen LogP) is 2.85. The number of pyridine rings is 1. The Kier molecular flexibility index (Phi) is 5.17. The van der Waals surface area contributed by atoms with Crippen LogP contribution in [0.15, 0.2) is 52.7 Å². The highest BCUT2D eigenvalue weighted by Crippen LogP contribution is 2.21. The number of carbonyl (C=O) groups is 1. The molecule has 33 heavy (non-hydrogen) atoms. The van der Waals surface area contributed by atoms with Crippen LogP contribution in [0.25, 0.3) is 22.5 Å². The molecule has 5 rings (SSSR count). The van der Waals surface area contributed by atoms with Crippen LogP contribution >= 0.6 is 11.8 Å². The van der Waals surface area contributed by atoms with Gasteiger partial charge in [0, 0.05) is 18.1 Å². The molecule has 11 heteroatoms. The number of rotatable bonds is 5. The number of aryl methyl sites for hydroxylation is 2. The number of methoxy groups -OCH3 is 1. The Bertz CT molecular complexity index is 1580. The second kappa shape index (κ2) is 8.17. The van der Waals surface area contributed by atoms with Crippen LogP contribution in [0.3, 0.4) is 0 Å². The lowest BCUT2D eigenvalue weighted by Gasteiger charge is -2.05. The van der Waals surface area contributed by atoms with Crippen molar-refractivity contribution in [1.29, 1.82) is 0 Å². The molecule has 0 aliphatic heterocycles. The van der Waals surface area contributed by atoms with Crippen molar-refractivity contribution in [3.8, 4) is 5.95 Å². The molecule has 0 amide bonds. The maximum absolute atomic E-state index is 13.2. The highest BCUT2D eigenvalue weighted by Gasteiger charge is 2.21. The quantitative estimate of drug-likeness (QED) is 0.313. The zero-order valence-electron chi connectivity index (χ0n) is 18.1. The van der Waals surface area contributed by atoms with Crippen LogP contribution in [-0.2, 0) is 10.5 Å². The first-order valence-corrected chi connectivity index (χ1v) is 11.0. The first kappa shape index (κ1) is 20.9. The fourth-order valence-electron chi connectivity index (χ4n) is 3.64. The van der Waals surface area contributed by atoms with Gasteiger partial charge >= 0.3 is 5.97 Å². The molecule has 1 N–H and O–H groups in total. The summed E-state index contributed by atoms with van der Waals surface area (Å²) in [6.07, 6.45) is 3.02. The van der Waals surface area contributed by atoms with Crippen molar-refractivity contribution in [2.75, 3.05) is 7.11 Å². The van der Waals surface area contributed by atoms with Gasteiger partial charge in [0.25, 0.3) is 5.56 Å². The number of nitrogens with one attached hydrogen (secondary N) is 1. The fraction of sp³-hybridized carbons (Fsp3) is 0.182. The topological polar surface area (TPSA) is 120 Å². The third kappa shape index (κ3) is 3.65. The molecule has 4 heterocycles. The number of nitrogens with zero attached hydrogens (tertiary/aromatic N) is 6. The number of thioether (sulfide) groups is 1. The monoisotopic (exact) mass is 461 g/mol. The summed E-state index contributed by atoms with van der Waals surface area (Å²) in [5, 5.41) is 12.3. The molecule has 1 aromatic carbocycles. The maximum atomic E-state index is 13.2. The molecule has 0 saturated carbocycles. The van der Waals surface area contributed by atoms with E-state index in [0.717, 1.165) is 0 Å². The van der Waals surface area contributed by atoms with Gasteiger partial charge in [0.2, 0.25) is 11.1 Å². The minimum atomic E-state index is -0.528. The van der Waals surface area contributed by atoms with Gasteiger partial charge in [0.05, 0.1) is 23.7 Å². The summed E-state index contributed by atoms with van der Waals surface area (Å²) in [6.45, 7) is 3.74. The average Bonchev–Trinajstić information content (AvgIpc) is 3.41. The van der Waals surface area contributed by atoms with Crippen LogP contribution in [-0.4, -0.2) is 47.4 Å². The predicted molar refractivity (Wildman–Crippen MR) is 123 cm³/mol. The molecule has 4 aromatic heterocycles. The first-order chi connectivity index (χ1) is 16.0. The van der Waals surface area contributed by atoms with E-state index in [1.54, 1.807) is 19.2 Å². The molecule has 0 saturated heterocycles. The van der Waals surface area contributed by atoms with E-state index in [1.165, 1.54) is 45.3 Å². The van der Waals surface area contributed by atoms with Crippen molar-refractivity contribution in [3.05, 3.63) is 75.5 Å². The number of carbonyl (C=O) groups excluding carboxylic acids is 1. The molecule has 0 aliphatic rings. The van der Waals surface area contributed by atoms with Gasteiger partial charge in [-0.2, -0.15) is 10.1 Å². The lowest BCUT2D eigenvalue weighted by molar-refractivity contribution is 0.0602. The van der Waals surface area contributed by atoms with E-state index >= 15 is 0 Å². The van der Waals surface area contributed by atoms with Crippen LogP contribution in [0.4, 0.5) is 0 Å². The molecule has 0 radical (unpaired) electrons. The smallest absolute Gasteiger partial charge is 0.343 e. The number of hydrogen-bond donors (Lipinski definition) is 1. The Balaban J connectivity index is 1.49. The maximum Gasteiger partial charge on any atom is 0.343 e. The van der Waals surface area contributed by atoms with Gasteiger partial charge in [-0.05, 0) is 25.5 Å². The average molecular weight is 462 g/mol. The number of aromatic amines is 1. The van der Waals surface area contributed by atoms with Gasteiger partial charge in [-0.1, -0.05) is 41.6 Å². The molecule has 0 atom stereocenters. The summed E-state index contributed by atoms with van der Waals surface area (Å²) in [7, 11) is 1.30. The van der Waals surface area contributed by atoms with Crippen LogP contribution in [0, 0.1) is 13.8 Å². The summed E-state index contributed by atoms with van der Waals surface area (Å²) < 4.78 is 7.68. The Labute approximate surface area is 191 Å². The lowest BCUT2D eigenvalue weighted by atomic mass is 10.2. The number of aromatic nitrogens is 7. The molecule has 0 fully saturated rings. The summed E-state index contributed by atoms with van der Waals surface area (Å²) in [5.41, 5.74) is 3.63. The Morgan fingerprint density at radius 3 is 2.88 bits per heavy atom. The standard InChI is InChI=1S/C22H19N7O3S/c1-12-5-4-6-14(9-12)11-33-22-24-21(25-26-22)28-8-7-16-15(19(28)30)10-23-18-17(20(31)32-3)13(2)27-29(16)18/h4-10H,11H2,1-3H3,(H,24,25,26). The highest BCUT2D eigenvalue weighted by molar-refractivity contribution is 7.98. The van der Waals surface area contributed by atoms with E-state index < -0.39 is 5.97 Å². The number of benzene rings is 1. The molecule has 0 unspecified atom stereocenters. The second-order valence-corrected chi connectivity index (χ2v) is 8.40. The fourth-order valence-corrected chi connectivity index (χ4v) is 4.38. The van der Waals surface area contributed by atoms with Gasteiger partial charge in [-0.15, -0.1) is 5.10 Å². The molecule has 0 aliphatic carbocycles. The summed E-state index contributed by atoms with van der Waals surface area (Å²) in [4.78, 5) is 34.0. The lowest BCUT2D eigenvalue weighted by Crippen LogP contribution is -2.20. The van der Waals surface area contributed by atoms with E-state index in [4.69, 9.17) is 4.74 Å². The summed E-state index contributed by atoms with van der Waals surface area (Å²) in [6, 6.07) is 9.96. The van der Waals surface area contributed by atoms with Gasteiger partial charge in [-0.25, -0.2) is 19.4 Å². The van der Waals surface area contributed by atoms with Crippen molar-refractivity contribution in [2.24, 2.45) is 0 Å². The molecular formula is C22H19N7O3S. The third-order valence-electron chi connectivity index (χ3n) is 5.21. The minimum absolute atomic E-state index is 0.272. The first-order valence-electron chi connectivity index (χ1n) is 10.1. The number of fused-ring (bicyclic) bond motifs is 3. The van der Waals surface area contributed by atoms with E-state index in [0.29, 0.717) is 39.1 Å². The van der Waals surface area contributed by atoms with Gasteiger partial charge in [0.15, 0.2) is 5.65 Å². The van der Waals surface area contributed by atoms with Crippen LogP contribution in [0.5, 0.6) is 0 Å². The van der Waals surface area contributed by atoms with E-state index in [9.17, 15) is 9.59 Å². The molecular weight excluding hydrogens is 442 g/mol. The Morgan fingerprint density at radius 2 is 2.09 bits per heavy atom. The third-order valence-corrected chi connectivity index (χ3v) is 6.13. The molecule has 5 aromatic rings. The zero-order chi connectivity index (χ0) is 23.1. The molecule has 0 bridgehead atoms. The largest absolute Gasteiger partial charge is 0.465 e. The number of hydrogen-bond acceptors (Lipinski definition) is 8.